The van der Waals surface area contributed by atoms with Crippen molar-refractivity contribution in [3.63, 3.8) is 0 Å². The molecule has 9 nitrogen and oxygen atoms in total. The first-order chi connectivity index (χ1) is 17.0. The van der Waals surface area contributed by atoms with E-state index in [9.17, 15) is 18.0 Å². The number of amides is 1. The molecular formula is C26H32N4O5S. The zero-order chi connectivity index (χ0) is 26.1. The lowest BCUT2D eigenvalue weighted by Gasteiger charge is -2.29. The van der Waals surface area contributed by atoms with Crippen molar-refractivity contribution >= 4 is 38.7 Å². The number of fused-ring (bicyclic) bond motifs is 1. The molecule has 0 radical (unpaired) electrons. The highest BCUT2D eigenvalue weighted by Gasteiger charge is 2.35. The molecule has 1 amide bonds. The number of hydrogen-bond donors (Lipinski definition) is 1. The van der Waals surface area contributed by atoms with E-state index in [0.29, 0.717) is 5.52 Å². The Labute approximate surface area is 211 Å². The number of anilines is 1. The predicted molar refractivity (Wildman–Crippen MR) is 136 cm³/mol. The zero-order valence-corrected chi connectivity index (χ0v) is 21.9. The van der Waals surface area contributed by atoms with E-state index in [-0.39, 0.29) is 34.6 Å². The standard InChI is InChI=1S/C26H32N4O5S/c1-17-9-8-12-19(15-17)36(33,34)24-23(28-20-13-14-27-22(20)29-24)30(25(32)35-26(2,3)4)16-21(31)18-10-6-5-7-11-18/h8-9,12-15,18H,5-7,10-11,16H2,1-4H3,(H,27,29). The summed E-state index contributed by atoms with van der Waals surface area (Å²) in [5.74, 6) is -0.554. The van der Waals surface area contributed by atoms with Crippen LogP contribution in [0.25, 0.3) is 11.2 Å². The number of hydrogen-bond acceptors (Lipinski definition) is 7. The van der Waals surface area contributed by atoms with E-state index in [4.69, 9.17) is 4.74 Å². The second-order valence-corrected chi connectivity index (χ2v) is 12.1. The lowest BCUT2D eigenvalue weighted by Crippen LogP contribution is -2.43. The number of nitrogens with one attached hydrogen (secondary N) is 1. The number of nitrogens with zero attached hydrogens (tertiary/aromatic N) is 3. The van der Waals surface area contributed by atoms with E-state index in [2.05, 4.69) is 15.0 Å². The van der Waals surface area contributed by atoms with Crippen molar-refractivity contribution < 1.29 is 22.7 Å². The first-order valence-corrected chi connectivity index (χ1v) is 13.6. The maximum Gasteiger partial charge on any atom is 0.416 e. The number of H-pyrrole nitrogens is 1. The summed E-state index contributed by atoms with van der Waals surface area (Å²) in [6.07, 6.45) is 5.21. The smallest absolute Gasteiger partial charge is 0.416 e. The third kappa shape index (κ3) is 5.59. The van der Waals surface area contributed by atoms with Crippen LogP contribution in [0.15, 0.2) is 46.5 Å². The molecule has 0 unspecified atom stereocenters. The Balaban J connectivity index is 1.86. The molecule has 0 aliphatic heterocycles. The van der Waals surface area contributed by atoms with Crippen molar-refractivity contribution in [2.24, 2.45) is 5.92 Å². The average molecular weight is 513 g/mol. The van der Waals surface area contributed by atoms with Gasteiger partial charge in [-0.05, 0) is 64.3 Å². The van der Waals surface area contributed by atoms with Crippen LogP contribution in [0, 0.1) is 12.8 Å². The quantitative estimate of drug-likeness (QED) is 0.494. The van der Waals surface area contributed by atoms with Gasteiger partial charge in [-0.3, -0.25) is 9.69 Å². The van der Waals surface area contributed by atoms with Gasteiger partial charge in [0.05, 0.1) is 11.4 Å². The van der Waals surface area contributed by atoms with Crippen LogP contribution in [-0.4, -0.2) is 47.4 Å². The third-order valence-corrected chi connectivity index (χ3v) is 7.79. The Hall–Kier alpha value is -3.27. The number of benzene rings is 1. The lowest BCUT2D eigenvalue weighted by molar-refractivity contribution is -0.122. The minimum absolute atomic E-state index is 0.0201. The number of carbonyl (C=O) groups is 2. The summed E-state index contributed by atoms with van der Waals surface area (Å²) < 4.78 is 33.2. The number of aromatic nitrogens is 3. The maximum absolute atomic E-state index is 13.8. The van der Waals surface area contributed by atoms with E-state index < -0.39 is 26.6 Å². The molecular weight excluding hydrogens is 480 g/mol. The molecule has 0 spiro atoms. The normalized spacial score (nSPS) is 15.1. The Morgan fingerprint density at radius 1 is 1.11 bits per heavy atom. The maximum atomic E-state index is 13.8. The molecule has 2 heterocycles. The van der Waals surface area contributed by atoms with Crippen molar-refractivity contribution in [3.8, 4) is 0 Å². The molecule has 1 aliphatic rings. The number of rotatable bonds is 6. The van der Waals surface area contributed by atoms with Gasteiger partial charge in [0, 0.05) is 12.1 Å². The number of aryl methyl sites for hydroxylation is 1. The van der Waals surface area contributed by atoms with Crippen LogP contribution in [0.1, 0.15) is 58.4 Å². The second-order valence-electron chi connectivity index (χ2n) is 10.3. The van der Waals surface area contributed by atoms with Crippen LogP contribution in [0.4, 0.5) is 10.6 Å². The first kappa shape index (κ1) is 25.8. The van der Waals surface area contributed by atoms with E-state index in [1.54, 1.807) is 52.1 Å². The summed E-state index contributed by atoms with van der Waals surface area (Å²) in [4.78, 5) is 39.5. The molecule has 2 aromatic heterocycles. The van der Waals surface area contributed by atoms with E-state index in [1.807, 2.05) is 0 Å². The summed E-state index contributed by atoms with van der Waals surface area (Å²) in [6, 6.07) is 8.06. The summed E-state index contributed by atoms with van der Waals surface area (Å²) in [5, 5.41) is -0.412. The lowest BCUT2D eigenvalue weighted by atomic mass is 9.86. The molecule has 1 aliphatic carbocycles. The number of ether oxygens (including phenoxy) is 1. The van der Waals surface area contributed by atoms with Gasteiger partial charge in [0.1, 0.15) is 11.1 Å². The molecule has 192 valence electrons. The van der Waals surface area contributed by atoms with Gasteiger partial charge in [-0.2, -0.15) is 0 Å². The summed E-state index contributed by atoms with van der Waals surface area (Å²) in [6.45, 7) is 6.56. The molecule has 1 fully saturated rings. The number of ketones is 1. The van der Waals surface area contributed by atoms with E-state index in [0.717, 1.165) is 42.6 Å². The highest BCUT2D eigenvalue weighted by atomic mass is 32.2. The highest BCUT2D eigenvalue weighted by molar-refractivity contribution is 7.91. The Bertz CT molecular complexity index is 1380. The van der Waals surface area contributed by atoms with Crippen LogP contribution in [-0.2, 0) is 19.4 Å². The van der Waals surface area contributed by atoms with E-state index in [1.165, 1.54) is 12.1 Å². The summed E-state index contributed by atoms with van der Waals surface area (Å²) >= 11 is 0. The van der Waals surface area contributed by atoms with E-state index >= 15 is 0 Å². The highest BCUT2D eigenvalue weighted by Crippen LogP contribution is 2.32. The molecule has 0 bridgehead atoms. The van der Waals surface area contributed by atoms with Crippen LogP contribution in [0.2, 0.25) is 0 Å². The van der Waals surface area contributed by atoms with Gasteiger partial charge >= 0.3 is 6.09 Å². The molecule has 10 heteroatoms. The van der Waals surface area contributed by atoms with Crippen molar-refractivity contribution in [2.45, 2.75) is 75.3 Å². The molecule has 0 saturated heterocycles. The van der Waals surface area contributed by atoms with Crippen LogP contribution in [0.5, 0.6) is 0 Å². The molecule has 1 saturated carbocycles. The van der Waals surface area contributed by atoms with Crippen LogP contribution in [0.3, 0.4) is 0 Å². The Morgan fingerprint density at radius 2 is 1.83 bits per heavy atom. The number of sulfone groups is 1. The fraction of sp³-hybridized carbons (Fsp3) is 0.462. The monoisotopic (exact) mass is 512 g/mol. The minimum atomic E-state index is -4.20. The zero-order valence-electron chi connectivity index (χ0n) is 21.1. The molecule has 1 N–H and O–H groups in total. The number of carbonyl (C=O) groups excluding carboxylic acids is 2. The first-order valence-electron chi connectivity index (χ1n) is 12.2. The Kier molecular flexibility index (Phi) is 7.17. The SMILES string of the molecule is Cc1cccc(S(=O)(=O)c2nc3[nH]ccc3nc2N(CC(=O)C2CCCCC2)C(=O)OC(C)(C)C)c1. The van der Waals surface area contributed by atoms with Gasteiger partial charge in [-0.25, -0.2) is 23.2 Å². The molecule has 3 aromatic rings. The number of Topliss-reactive ketones (excluding diaryl/α,β-unsaturated/α-hetero) is 1. The second kappa shape index (κ2) is 10.0. The van der Waals surface area contributed by atoms with Crippen LogP contribution >= 0.6 is 0 Å². The van der Waals surface area contributed by atoms with Gasteiger partial charge in [0.15, 0.2) is 17.2 Å². The van der Waals surface area contributed by atoms with Gasteiger partial charge in [0.2, 0.25) is 14.9 Å². The largest absolute Gasteiger partial charge is 0.443 e. The number of aromatic amines is 1. The summed E-state index contributed by atoms with van der Waals surface area (Å²) in [7, 11) is -4.20. The average Bonchev–Trinajstić information content (AvgIpc) is 3.28. The summed E-state index contributed by atoms with van der Waals surface area (Å²) in [5.41, 5.74) is 0.507. The van der Waals surface area contributed by atoms with Crippen molar-refractivity contribution in [2.75, 3.05) is 11.4 Å². The van der Waals surface area contributed by atoms with Gasteiger partial charge in [-0.1, -0.05) is 31.4 Å². The topological polar surface area (TPSA) is 122 Å². The predicted octanol–water partition coefficient (Wildman–Crippen LogP) is 4.99. The Morgan fingerprint density at radius 3 is 2.50 bits per heavy atom. The van der Waals surface area contributed by atoms with Crippen molar-refractivity contribution in [1.82, 2.24) is 15.0 Å². The van der Waals surface area contributed by atoms with Crippen molar-refractivity contribution in [3.05, 3.63) is 42.1 Å². The third-order valence-electron chi connectivity index (χ3n) is 6.13. The van der Waals surface area contributed by atoms with Gasteiger partial charge in [-0.15, -0.1) is 0 Å². The van der Waals surface area contributed by atoms with Crippen LogP contribution < -0.4 is 4.90 Å². The van der Waals surface area contributed by atoms with Crippen molar-refractivity contribution in [1.29, 1.82) is 0 Å². The molecule has 0 atom stereocenters. The van der Waals surface area contributed by atoms with Gasteiger partial charge in [0.25, 0.3) is 0 Å². The fourth-order valence-electron chi connectivity index (χ4n) is 4.35. The van der Waals surface area contributed by atoms with Gasteiger partial charge < -0.3 is 9.72 Å². The minimum Gasteiger partial charge on any atom is -0.443 e. The molecule has 1 aromatic carbocycles. The molecule has 4 rings (SSSR count). The molecule has 36 heavy (non-hydrogen) atoms. The fourth-order valence-corrected chi connectivity index (χ4v) is 5.78.